The van der Waals surface area contributed by atoms with Crippen molar-refractivity contribution in [1.29, 1.82) is 0 Å². The Kier molecular flexibility index (Phi) is 6.37. The van der Waals surface area contributed by atoms with E-state index < -0.39 is 10.0 Å². The molecule has 2 aliphatic heterocycles. The summed E-state index contributed by atoms with van der Waals surface area (Å²) in [6, 6.07) is 0. The van der Waals surface area contributed by atoms with Gasteiger partial charge in [0.25, 0.3) is 0 Å². The van der Waals surface area contributed by atoms with Gasteiger partial charge in [-0.25, -0.2) is 17.7 Å². The summed E-state index contributed by atoms with van der Waals surface area (Å²) in [4.78, 5) is 37.4. The van der Waals surface area contributed by atoms with Crippen molar-refractivity contribution in [1.82, 2.24) is 29.3 Å². The fraction of sp³-hybridized carbons (Fsp3) is 0.579. The van der Waals surface area contributed by atoms with Crippen LogP contribution < -0.4 is 0 Å². The Labute approximate surface area is 179 Å². The maximum atomic E-state index is 12.8. The van der Waals surface area contributed by atoms with Gasteiger partial charge in [-0.3, -0.25) is 19.5 Å². The second kappa shape index (κ2) is 9.18. The standard InChI is InChI=1S/C19H24N6O5S/c26-17-4-1-5-18(27)25(17)9-10-31(28,29)24-8-2-3-14(13-24)11-16-22-19(23-30-16)15-12-20-6-7-21-15/h6-7,12,14H,1-5,8-11,13H2/t14-/m1/s1. The second-order valence-corrected chi connectivity index (χ2v) is 9.87. The molecule has 0 aliphatic carbocycles. The topological polar surface area (TPSA) is 139 Å². The zero-order valence-electron chi connectivity index (χ0n) is 17.0. The SMILES string of the molecule is O=C1CCCC(=O)N1CCS(=O)(=O)N1CCC[C@H](Cc2nc(-c3cnccn3)no2)C1. The van der Waals surface area contributed by atoms with Crippen molar-refractivity contribution in [2.45, 2.75) is 38.5 Å². The predicted octanol–water partition coefficient (Wildman–Crippen LogP) is 0.650. The number of carbonyl (C=O) groups excluding carboxylic acids is 2. The molecule has 0 unspecified atom stereocenters. The van der Waals surface area contributed by atoms with E-state index in [2.05, 4.69) is 20.1 Å². The lowest BCUT2D eigenvalue weighted by atomic mass is 9.96. The van der Waals surface area contributed by atoms with Crippen molar-refractivity contribution in [3.8, 4) is 11.5 Å². The highest BCUT2D eigenvalue weighted by molar-refractivity contribution is 7.89. The molecule has 2 aromatic heterocycles. The summed E-state index contributed by atoms with van der Waals surface area (Å²) >= 11 is 0. The molecule has 11 nitrogen and oxygen atoms in total. The fourth-order valence-electron chi connectivity index (χ4n) is 3.93. The Balaban J connectivity index is 1.35. The summed E-state index contributed by atoms with van der Waals surface area (Å²) in [7, 11) is -3.59. The van der Waals surface area contributed by atoms with E-state index in [1.54, 1.807) is 18.6 Å². The Bertz CT molecular complexity index is 1030. The Hall–Kier alpha value is -2.73. The quantitative estimate of drug-likeness (QED) is 0.558. The molecule has 0 N–H and O–H groups in total. The number of rotatable bonds is 7. The molecule has 2 saturated heterocycles. The first-order valence-corrected chi connectivity index (χ1v) is 11.9. The molecule has 2 aromatic rings. The number of sulfonamides is 1. The van der Waals surface area contributed by atoms with Gasteiger partial charge in [0, 0.05) is 51.3 Å². The molecule has 31 heavy (non-hydrogen) atoms. The predicted molar refractivity (Wildman–Crippen MR) is 108 cm³/mol. The number of hydrogen-bond donors (Lipinski definition) is 0. The lowest BCUT2D eigenvalue weighted by Gasteiger charge is -2.32. The van der Waals surface area contributed by atoms with Crippen molar-refractivity contribution >= 4 is 21.8 Å². The normalized spacial score (nSPS) is 20.9. The fourth-order valence-corrected chi connectivity index (χ4v) is 5.45. The van der Waals surface area contributed by atoms with E-state index in [0.717, 1.165) is 17.7 Å². The molecule has 0 saturated carbocycles. The molecule has 0 bridgehead atoms. The van der Waals surface area contributed by atoms with E-state index in [4.69, 9.17) is 4.52 Å². The minimum Gasteiger partial charge on any atom is -0.339 e. The summed E-state index contributed by atoms with van der Waals surface area (Å²) < 4.78 is 32.4. The van der Waals surface area contributed by atoms with Crippen molar-refractivity contribution in [3.05, 3.63) is 24.5 Å². The number of likely N-dealkylation sites (tertiary alicyclic amines) is 1. The number of piperidine rings is 2. The highest BCUT2D eigenvalue weighted by Gasteiger charge is 2.32. The average Bonchev–Trinajstić information content (AvgIpc) is 3.23. The molecule has 12 heteroatoms. The molecule has 4 rings (SSSR count). The largest absolute Gasteiger partial charge is 0.339 e. The number of hydrogen-bond acceptors (Lipinski definition) is 9. The van der Waals surface area contributed by atoms with Crippen molar-refractivity contribution < 1.29 is 22.5 Å². The van der Waals surface area contributed by atoms with Crippen molar-refractivity contribution in [3.63, 3.8) is 0 Å². The second-order valence-electron chi connectivity index (χ2n) is 7.78. The summed E-state index contributed by atoms with van der Waals surface area (Å²) in [5.74, 6) is -0.0312. The van der Waals surface area contributed by atoms with E-state index in [0.29, 0.717) is 43.3 Å². The van der Waals surface area contributed by atoms with E-state index in [-0.39, 0.29) is 42.9 Å². The molecule has 0 aromatic carbocycles. The summed E-state index contributed by atoms with van der Waals surface area (Å²) in [6.45, 7) is 0.675. The van der Waals surface area contributed by atoms with Crippen LogP contribution in [-0.4, -0.2) is 74.9 Å². The van der Waals surface area contributed by atoms with Gasteiger partial charge in [0.2, 0.25) is 33.6 Å². The van der Waals surface area contributed by atoms with Gasteiger partial charge in [0.05, 0.1) is 11.9 Å². The van der Waals surface area contributed by atoms with E-state index in [1.807, 2.05) is 0 Å². The van der Waals surface area contributed by atoms with Crippen LogP contribution in [0.25, 0.3) is 11.5 Å². The van der Waals surface area contributed by atoms with Gasteiger partial charge < -0.3 is 4.52 Å². The number of nitrogens with zero attached hydrogens (tertiary/aromatic N) is 6. The highest BCUT2D eigenvalue weighted by Crippen LogP contribution is 2.24. The lowest BCUT2D eigenvalue weighted by Crippen LogP contribution is -2.46. The van der Waals surface area contributed by atoms with Gasteiger partial charge >= 0.3 is 0 Å². The van der Waals surface area contributed by atoms with Crippen LogP contribution in [0.1, 0.15) is 38.0 Å². The zero-order chi connectivity index (χ0) is 21.8. The maximum Gasteiger partial charge on any atom is 0.229 e. The monoisotopic (exact) mass is 448 g/mol. The third kappa shape index (κ3) is 5.13. The molecule has 0 radical (unpaired) electrons. The highest BCUT2D eigenvalue weighted by atomic mass is 32.2. The maximum absolute atomic E-state index is 12.8. The van der Waals surface area contributed by atoms with Crippen LogP contribution in [0.4, 0.5) is 0 Å². The summed E-state index contributed by atoms with van der Waals surface area (Å²) in [6.07, 6.45) is 7.77. The van der Waals surface area contributed by atoms with Crippen LogP contribution in [0, 0.1) is 5.92 Å². The first kappa shape index (κ1) is 21.5. The van der Waals surface area contributed by atoms with Crippen LogP contribution in [0.15, 0.2) is 23.1 Å². The molecule has 166 valence electrons. The number of amides is 2. The Morgan fingerprint density at radius 2 is 1.94 bits per heavy atom. The van der Waals surface area contributed by atoms with E-state index in [1.165, 1.54) is 4.31 Å². The van der Waals surface area contributed by atoms with Gasteiger partial charge in [-0.15, -0.1) is 0 Å². The van der Waals surface area contributed by atoms with Crippen LogP contribution in [0.3, 0.4) is 0 Å². The van der Waals surface area contributed by atoms with Crippen LogP contribution in [0.2, 0.25) is 0 Å². The van der Waals surface area contributed by atoms with Gasteiger partial charge in [0.1, 0.15) is 5.69 Å². The van der Waals surface area contributed by atoms with Gasteiger partial charge in [0.15, 0.2) is 0 Å². The molecular formula is C19H24N6O5S. The van der Waals surface area contributed by atoms with Crippen LogP contribution in [-0.2, 0) is 26.0 Å². The smallest absolute Gasteiger partial charge is 0.229 e. The molecule has 0 spiro atoms. The minimum atomic E-state index is -3.59. The number of aromatic nitrogens is 4. The zero-order valence-corrected chi connectivity index (χ0v) is 17.8. The van der Waals surface area contributed by atoms with Crippen molar-refractivity contribution in [2.75, 3.05) is 25.4 Å². The molecule has 2 amide bonds. The van der Waals surface area contributed by atoms with Gasteiger partial charge in [-0.1, -0.05) is 5.16 Å². The summed E-state index contributed by atoms with van der Waals surface area (Å²) in [5.41, 5.74) is 0.507. The third-order valence-electron chi connectivity index (χ3n) is 5.56. The Morgan fingerprint density at radius 3 is 2.68 bits per heavy atom. The molecule has 2 fully saturated rings. The molecular weight excluding hydrogens is 424 g/mol. The van der Waals surface area contributed by atoms with Crippen molar-refractivity contribution in [2.24, 2.45) is 5.92 Å². The number of imide groups is 1. The average molecular weight is 449 g/mol. The van der Waals surface area contributed by atoms with E-state index in [9.17, 15) is 18.0 Å². The molecule has 4 heterocycles. The van der Waals surface area contributed by atoms with Gasteiger partial charge in [-0.2, -0.15) is 4.98 Å². The van der Waals surface area contributed by atoms with Gasteiger partial charge in [-0.05, 0) is 25.2 Å². The summed E-state index contributed by atoms with van der Waals surface area (Å²) in [5, 5.41) is 3.93. The molecule has 1 atom stereocenters. The minimum absolute atomic E-state index is 0.0388. The Morgan fingerprint density at radius 1 is 1.13 bits per heavy atom. The lowest BCUT2D eigenvalue weighted by molar-refractivity contribution is -0.147. The first-order chi connectivity index (χ1) is 14.9. The third-order valence-corrected chi connectivity index (χ3v) is 7.37. The van der Waals surface area contributed by atoms with Crippen LogP contribution >= 0.6 is 0 Å². The van der Waals surface area contributed by atoms with E-state index >= 15 is 0 Å². The number of carbonyl (C=O) groups is 2. The molecule has 2 aliphatic rings. The van der Waals surface area contributed by atoms with Crippen LogP contribution in [0.5, 0.6) is 0 Å². The first-order valence-electron chi connectivity index (χ1n) is 10.3.